The summed E-state index contributed by atoms with van der Waals surface area (Å²) in [5.74, 6) is 0.106. The van der Waals surface area contributed by atoms with E-state index >= 15 is 0 Å². The monoisotopic (exact) mass is 571 g/mol. The van der Waals surface area contributed by atoms with Crippen LogP contribution >= 0.6 is 11.6 Å². The van der Waals surface area contributed by atoms with E-state index in [4.69, 9.17) is 30.9 Å². The minimum atomic E-state index is -0.518. The molecule has 5 rings (SSSR count). The maximum atomic E-state index is 13.6. The number of likely N-dealkylation sites (tertiary alicyclic amines) is 1. The molecule has 0 unspecified atom stereocenters. The SMILES string of the molecule is O=C(/C=C/CN1CC[C@@H](OCCO)C1)Nc1cc2c(Nc3ccc(F)c(Cl)c3)ncnc2cc1O[C@H]1CCOC1. The van der Waals surface area contributed by atoms with Crippen LogP contribution in [0.15, 0.2) is 48.8 Å². The molecule has 2 aliphatic rings. The second kappa shape index (κ2) is 13.3. The minimum Gasteiger partial charge on any atom is -0.486 e. The van der Waals surface area contributed by atoms with Crippen LogP contribution in [0.25, 0.3) is 10.9 Å². The molecule has 0 bridgehead atoms. The van der Waals surface area contributed by atoms with Gasteiger partial charge in [-0.1, -0.05) is 17.7 Å². The Bertz CT molecular complexity index is 1370. The Morgan fingerprint density at radius 1 is 1.25 bits per heavy atom. The van der Waals surface area contributed by atoms with Crippen LogP contribution in [0.3, 0.4) is 0 Å². The van der Waals surface area contributed by atoms with Crippen molar-refractivity contribution >= 4 is 45.6 Å². The molecule has 10 nitrogen and oxygen atoms in total. The lowest BCUT2D eigenvalue weighted by molar-refractivity contribution is -0.111. The van der Waals surface area contributed by atoms with Gasteiger partial charge in [0, 0.05) is 49.3 Å². The number of carbonyl (C=O) groups is 1. The van der Waals surface area contributed by atoms with Gasteiger partial charge >= 0.3 is 0 Å². The lowest BCUT2D eigenvalue weighted by Crippen LogP contribution is -2.24. The number of benzene rings is 2. The van der Waals surface area contributed by atoms with Crippen LogP contribution in [0.4, 0.5) is 21.6 Å². The van der Waals surface area contributed by atoms with Crippen LogP contribution in [-0.2, 0) is 14.3 Å². The molecule has 2 saturated heterocycles. The summed E-state index contributed by atoms with van der Waals surface area (Å²) in [6, 6.07) is 7.81. The van der Waals surface area contributed by atoms with Crippen molar-refractivity contribution in [3.8, 4) is 5.75 Å². The minimum absolute atomic E-state index is 0.00902. The molecule has 3 aromatic rings. The fourth-order valence-electron chi connectivity index (χ4n) is 4.68. The first kappa shape index (κ1) is 28.2. The van der Waals surface area contributed by atoms with Gasteiger partial charge in [0.2, 0.25) is 5.91 Å². The summed E-state index contributed by atoms with van der Waals surface area (Å²) < 4.78 is 30.9. The fraction of sp³-hybridized carbons (Fsp3) is 0.393. The Morgan fingerprint density at radius 3 is 2.95 bits per heavy atom. The van der Waals surface area contributed by atoms with Gasteiger partial charge in [0.25, 0.3) is 0 Å². The van der Waals surface area contributed by atoms with Crippen LogP contribution in [0.5, 0.6) is 5.75 Å². The van der Waals surface area contributed by atoms with Crippen LogP contribution in [-0.4, -0.2) is 84.2 Å². The van der Waals surface area contributed by atoms with E-state index in [1.165, 1.54) is 24.5 Å². The number of amides is 1. The third kappa shape index (κ3) is 7.23. The number of hydrogen-bond donors (Lipinski definition) is 3. The number of anilines is 3. The topological polar surface area (TPSA) is 118 Å². The number of aliphatic hydroxyl groups is 1. The van der Waals surface area contributed by atoms with Gasteiger partial charge in [0.05, 0.1) is 48.8 Å². The Balaban J connectivity index is 1.34. The molecule has 1 amide bonds. The van der Waals surface area contributed by atoms with Gasteiger partial charge in [-0.25, -0.2) is 14.4 Å². The highest BCUT2D eigenvalue weighted by atomic mass is 35.5. The standard InChI is InChI=1S/C28H31ClFN5O5/c29-22-12-18(3-4-23(22)30)33-28-21-13-25(26(14-24(21)31-17-32-28)40-20-6-10-38-16-20)34-27(37)2-1-7-35-8-5-19(15-35)39-11-9-36/h1-4,12-14,17,19-20,36H,5-11,15-16H2,(H,34,37)(H,31,32,33)/b2-1+/t19-,20+/m1/s1. The second-order valence-corrected chi connectivity index (χ2v) is 10.0. The number of ether oxygens (including phenoxy) is 3. The quantitative estimate of drug-likeness (QED) is 0.294. The molecule has 2 aromatic carbocycles. The van der Waals surface area contributed by atoms with Gasteiger partial charge in [-0.3, -0.25) is 9.69 Å². The van der Waals surface area contributed by atoms with Crippen LogP contribution in [0.1, 0.15) is 12.8 Å². The molecule has 0 aliphatic carbocycles. The number of hydrogen-bond acceptors (Lipinski definition) is 9. The maximum absolute atomic E-state index is 13.6. The Labute approximate surface area is 236 Å². The van der Waals surface area contributed by atoms with E-state index in [1.54, 1.807) is 18.2 Å². The van der Waals surface area contributed by atoms with Crippen LogP contribution in [0.2, 0.25) is 5.02 Å². The van der Waals surface area contributed by atoms with E-state index < -0.39 is 5.82 Å². The van der Waals surface area contributed by atoms with Gasteiger partial charge in [-0.15, -0.1) is 0 Å². The van der Waals surface area contributed by atoms with Crippen molar-refractivity contribution in [3.05, 3.63) is 59.7 Å². The van der Waals surface area contributed by atoms with Crippen molar-refractivity contribution < 1.29 is 28.5 Å². The highest BCUT2D eigenvalue weighted by molar-refractivity contribution is 6.31. The number of rotatable bonds is 11. The molecule has 212 valence electrons. The molecule has 12 heteroatoms. The predicted molar refractivity (Wildman–Crippen MR) is 150 cm³/mol. The first-order valence-corrected chi connectivity index (χ1v) is 13.5. The number of nitrogens with one attached hydrogen (secondary N) is 2. The second-order valence-electron chi connectivity index (χ2n) is 9.60. The Kier molecular flexibility index (Phi) is 9.40. The number of aliphatic hydroxyl groups excluding tert-OH is 1. The molecule has 2 atom stereocenters. The van der Waals surface area contributed by atoms with E-state index in [0.717, 1.165) is 25.9 Å². The van der Waals surface area contributed by atoms with Crippen molar-refractivity contribution in [3.63, 3.8) is 0 Å². The molecule has 0 spiro atoms. The zero-order chi connectivity index (χ0) is 27.9. The van der Waals surface area contributed by atoms with Gasteiger partial charge < -0.3 is 30.0 Å². The molecule has 0 radical (unpaired) electrons. The smallest absolute Gasteiger partial charge is 0.248 e. The summed E-state index contributed by atoms with van der Waals surface area (Å²) in [7, 11) is 0. The summed E-state index contributed by atoms with van der Waals surface area (Å²) in [5.41, 5.74) is 1.61. The van der Waals surface area contributed by atoms with Gasteiger partial charge in [0.1, 0.15) is 29.8 Å². The zero-order valence-corrected chi connectivity index (χ0v) is 22.6. The van der Waals surface area contributed by atoms with Crippen molar-refractivity contribution in [1.29, 1.82) is 0 Å². The Morgan fingerprint density at radius 2 is 2.15 bits per heavy atom. The van der Waals surface area contributed by atoms with Gasteiger partial charge in [-0.2, -0.15) is 0 Å². The number of carbonyl (C=O) groups excluding carboxylic acids is 1. The van der Waals surface area contributed by atoms with E-state index in [9.17, 15) is 9.18 Å². The normalized spacial score (nSPS) is 19.5. The number of aromatic nitrogens is 2. The number of halogens is 2. The lowest BCUT2D eigenvalue weighted by Gasteiger charge is -2.18. The molecule has 3 heterocycles. The molecule has 40 heavy (non-hydrogen) atoms. The third-order valence-electron chi connectivity index (χ3n) is 6.67. The number of nitrogens with zero attached hydrogens (tertiary/aromatic N) is 3. The average Bonchev–Trinajstić information content (AvgIpc) is 3.62. The van der Waals surface area contributed by atoms with Crippen molar-refractivity contribution in [1.82, 2.24) is 14.9 Å². The average molecular weight is 572 g/mol. The molecule has 3 N–H and O–H groups in total. The fourth-order valence-corrected chi connectivity index (χ4v) is 4.86. The van der Waals surface area contributed by atoms with Crippen LogP contribution in [0, 0.1) is 5.82 Å². The largest absolute Gasteiger partial charge is 0.486 e. The summed E-state index contributed by atoms with van der Waals surface area (Å²) in [6.07, 6.45) is 6.32. The molecule has 2 aliphatic heterocycles. The molecule has 1 aromatic heterocycles. The van der Waals surface area contributed by atoms with Crippen molar-refractivity contribution in [2.45, 2.75) is 25.0 Å². The van der Waals surface area contributed by atoms with Gasteiger partial charge in [-0.05, 0) is 30.7 Å². The summed E-state index contributed by atoms with van der Waals surface area (Å²) in [4.78, 5) is 23.8. The van der Waals surface area contributed by atoms with E-state index in [0.29, 0.717) is 60.2 Å². The zero-order valence-electron chi connectivity index (χ0n) is 21.8. The number of fused-ring (bicyclic) bond motifs is 1. The molecule has 2 fully saturated rings. The lowest BCUT2D eigenvalue weighted by atomic mass is 10.1. The first-order valence-electron chi connectivity index (χ1n) is 13.2. The van der Waals surface area contributed by atoms with E-state index in [-0.39, 0.29) is 29.7 Å². The van der Waals surface area contributed by atoms with Crippen LogP contribution < -0.4 is 15.4 Å². The Hall–Kier alpha value is -3.35. The highest BCUT2D eigenvalue weighted by Gasteiger charge is 2.23. The summed E-state index contributed by atoms with van der Waals surface area (Å²) in [5, 5.41) is 15.6. The van der Waals surface area contributed by atoms with Crippen molar-refractivity contribution in [2.75, 3.05) is 56.7 Å². The summed E-state index contributed by atoms with van der Waals surface area (Å²) >= 11 is 5.95. The van der Waals surface area contributed by atoms with E-state index in [1.807, 2.05) is 6.08 Å². The van der Waals surface area contributed by atoms with Crippen molar-refractivity contribution in [2.24, 2.45) is 0 Å². The first-order chi connectivity index (χ1) is 19.5. The molecular weight excluding hydrogens is 541 g/mol. The molecule has 0 saturated carbocycles. The predicted octanol–water partition coefficient (Wildman–Crippen LogP) is 3.91. The summed E-state index contributed by atoms with van der Waals surface area (Å²) in [6.45, 7) is 3.65. The maximum Gasteiger partial charge on any atom is 0.248 e. The third-order valence-corrected chi connectivity index (χ3v) is 6.95. The van der Waals surface area contributed by atoms with E-state index in [2.05, 4.69) is 25.5 Å². The highest BCUT2D eigenvalue weighted by Crippen LogP contribution is 2.35. The van der Waals surface area contributed by atoms with Gasteiger partial charge in [0.15, 0.2) is 0 Å². The molecular formula is C28H31ClFN5O5.